The number of hydrogen-bond acceptors (Lipinski definition) is 3. The smallest absolute Gasteiger partial charge is 0.227 e. The number of likely N-dealkylation sites (tertiary alicyclic amines) is 1. The van der Waals surface area contributed by atoms with E-state index in [1.807, 2.05) is 23.2 Å². The summed E-state index contributed by atoms with van der Waals surface area (Å²) in [6, 6.07) is 8.25. The Labute approximate surface area is 163 Å². The van der Waals surface area contributed by atoms with Gasteiger partial charge < -0.3 is 14.4 Å². The number of aryl methyl sites for hydroxylation is 2. The second kappa shape index (κ2) is 9.18. The average Bonchev–Trinajstić information content (AvgIpc) is 3.10. The molecule has 1 atom stereocenters. The van der Waals surface area contributed by atoms with Crippen molar-refractivity contribution in [1.82, 2.24) is 19.4 Å². The Morgan fingerprint density at radius 3 is 2.96 bits per heavy atom. The minimum atomic E-state index is 0.232. The van der Waals surface area contributed by atoms with Crippen LogP contribution in [-0.4, -0.2) is 59.0 Å². The van der Waals surface area contributed by atoms with Crippen LogP contribution in [0.2, 0.25) is 0 Å². The van der Waals surface area contributed by atoms with E-state index in [4.69, 9.17) is 0 Å². The molecule has 1 aliphatic heterocycles. The van der Waals surface area contributed by atoms with Crippen LogP contribution in [0, 0.1) is 6.92 Å². The zero-order chi connectivity index (χ0) is 19.2. The van der Waals surface area contributed by atoms with Crippen LogP contribution in [0.1, 0.15) is 42.1 Å². The van der Waals surface area contributed by atoms with Crippen molar-refractivity contribution in [3.05, 3.63) is 53.6 Å². The van der Waals surface area contributed by atoms with Crippen LogP contribution in [0.5, 0.6) is 0 Å². The second-order valence-electron chi connectivity index (χ2n) is 7.98. The SMILES string of the molecule is Cc1cccc(CC(=O)N2CCCC(c3nccn3CCCN(C)C)C2)c1. The molecule has 1 aliphatic rings. The summed E-state index contributed by atoms with van der Waals surface area (Å²) in [4.78, 5) is 21.7. The highest BCUT2D eigenvalue weighted by Gasteiger charge is 2.27. The van der Waals surface area contributed by atoms with Crippen molar-refractivity contribution in [2.75, 3.05) is 33.7 Å². The molecule has 1 amide bonds. The van der Waals surface area contributed by atoms with Gasteiger partial charge in [-0.25, -0.2) is 4.98 Å². The molecule has 0 saturated carbocycles. The van der Waals surface area contributed by atoms with Gasteiger partial charge in [0.15, 0.2) is 0 Å². The Kier molecular flexibility index (Phi) is 6.67. The summed E-state index contributed by atoms with van der Waals surface area (Å²) in [6.07, 6.45) is 7.75. The van der Waals surface area contributed by atoms with Gasteiger partial charge in [-0.15, -0.1) is 0 Å². The largest absolute Gasteiger partial charge is 0.342 e. The van der Waals surface area contributed by atoms with E-state index in [9.17, 15) is 4.79 Å². The van der Waals surface area contributed by atoms with Crippen molar-refractivity contribution in [2.24, 2.45) is 0 Å². The van der Waals surface area contributed by atoms with Crippen molar-refractivity contribution in [1.29, 1.82) is 0 Å². The van der Waals surface area contributed by atoms with E-state index >= 15 is 0 Å². The van der Waals surface area contributed by atoms with Gasteiger partial charge in [0.25, 0.3) is 0 Å². The van der Waals surface area contributed by atoms with Crippen molar-refractivity contribution >= 4 is 5.91 Å². The molecule has 27 heavy (non-hydrogen) atoms. The fourth-order valence-electron chi connectivity index (χ4n) is 3.95. The maximum atomic E-state index is 12.8. The van der Waals surface area contributed by atoms with E-state index in [1.165, 1.54) is 5.56 Å². The molecule has 1 aromatic carbocycles. The normalized spacial score (nSPS) is 17.5. The molecule has 2 heterocycles. The van der Waals surface area contributed by atoms with Gasteiger partial charge in [0.1, 0.15) is 5.82 Å². The van der Waals surface area contributed by atoms with Crippen LogP contribution in [0.15, 0.2) is 36.7 Å². The molecular formula is C22H32N4O. The summed E-state index contributed by atoms with van der Waals surface area (Å²) < 4.78 is 2.28. The Morgan fingerprint density at radius 2 is 2.19 bits per heavy atom. The standard InChI is InChI=1S/C22H32N4O/c1-18-7-4-8-19(15-18)16-21(27)26-12-5-9-20(17-26)22-23-10-14-25(22)13-6-11-24(2)3/h4,7-8,10,14-15,20H,5-6,9,11-13,16-17H2,1-3H3. The molecule has 146 valence electrons. The minimum Gasteiger partial charge on any atom is -0.342 e. The maximum absolute atomic E-state index is 12.8. The Balaban J connectivity index is 1.61. The van der Waals surface area contributed by atoms with Gasteiger partial charge in [0, 0.05) is 37.9 Å². The van der Waals surface area contributed by atoms with Gasteiger partial charge in [0.2, 0.25) is 5.91 Å². The molecule has 0 N–H and O–H groups in total. The van der Waals surface area contributed by atoms with E-state index in [-0.39, 0.29) is 5.91 Å². The van der Waals surface area contributed by atoms with Gasteiger partial charge in [-0.3, -0.25) is 4.79 Å². The Hall–Kier alpha value is -2.14. The zero-order valence-corrected chi connectivity index (χ0v) is 16.9. The van der Waals surface area contributed by atoms with Crippen LogP contribution in [-0.2, 0) is 17.8 Å². The Morgan fingerprint density at radius 1 is 1.33 bits per heavy atom. The molecule has 1 saturated heterocycles. The average molecular weight is 369 g/mol. The highest BCUT2D eigenvalue weighted by molar-refractivity contribution is 5.79. The summed E-state index contributed by atoms with van der Waals surface area (Å²) in [5.74, 6) is 1.72. The van der Waals surface area contributed by atoms with Gasteiger partial charge in [-0.05, 0) is 52.4 Å². The van der Waals surface area contributed by atoms with Crippen LogP contribution < -0.4 is 0 Å². The molecule has 1 fully saturated rings. The fourth-order valence-corrected chi connectivity index (χ4v) is 3.95. The first-order valence-electron chi connectivity index (χ1n) is 10.0. The third kappa shape index (κ3) is 5.42. The van der Waals surface area contributed by atoms with Gasteiger partial charge in [-0.2, -0.15) is 0 Å². The lowest BCUT2D eigenvalue weighted by Gasteiger charge is -2.33. The first-order chi connectivity index (χ1) is 13.0. The van der Waals surface area contributed by atoms with Gasteiger partial charge in [-0.1, -0.05) is 29.8 Å². The van der Waals surface area contributed by atoms with E-state index in [0.717, 1.165) is 56.8 Å². The predicted octanol–water partition coefficient (Wildman–Crippen LogP) is 3.09. The lowest BCUT2D eigenvalue weighted by molar-refractivity contribution is -0.131. The molecule has 2 aromatic rings. The fraction of sp³-hybridized carbons (Fsp3) is 0.545. The number of nitrogens with zero attached hydrogens (tertiary/aromatic N) is 4. The van der Waals surface area contributed by atoms with Gasteiger partial charge in [0.05, 0.1) is 6.42 Å². The van der Waals surface area contributed by atoms with Crippen molar-refractivity contribution in [2.45, 2.75) is 45.1 Å². The summed E-state index contributed by atoms with van der Waals surface area (Å²) >= 11 is 0. The first kappa shape index (κ1) is 19.6. The van der Waals surface area contributed by atoms with Crippen molar-refractivity contribution < 1.29 is 4.79 Å². The molecule has 0 aliphatic carbocycles. The van der Waals surface area contributed by atoms with Crippen molar-refractivity contribution in [3.8, 4) is 0 Å². The number of amides is 1. The molecule has 0 spiro atoms. The van der Waals surface area contributed by atoms with Crippen LogP contribution in [0.25, 0.3) is 0 Å². The maximum Gasteiger partial charge on any atom is 0.227 e. The van der Waals surface area contributed by atoms with E-state index in [1.54, 1.807) is 0 Å². The van der Waals surface area contributed by atoms with Crippen molar-refractivity contribution in [3.63, 3.8) is 0 Å². The lowest BCUT2D eigenvalue weighted by atomic mass is 9.96. The number of benzene rings is 1. The monoisotopic (exact) mass is 368 g/mol. The second-order valence-corrected chi connectivity index (χ2v) is 7.98. The molecule has 5 heteroatoms. The quantitative estimate of drug-likeness (QED) is 0.754. The third-order valence-electron chi connectivity index (χ3n) is 5.33. The minimum absolute atomic E-state index is 0.232. The molecule has 1 aromatic heterocycles. The third-order valence-corrected chi connectivity index (χ3v) is 5.33. The first-order valence-corrected chi connectivity index (χ1v) is 10.0. The number of carbonyl (C=O) groups excluding carboxylic acids is 1. The lowest BCUT2D eigenvalue weighted by Crippen LogP contribution is -2.40. The van der Waals surface area contributed by atoms with E-state index in [0.29, 0.717) is 12.3 Å². The molecule has 1 unspecified atom stereocenters. The number of imidazole rings is 1. The van der Waals surface area contributed by atoms with Crippen LogP contribution in [0.3, 0.4) is 0 Å². The number of hydrogen-bond donors (Lipinski definition) is 0. The van der Waals surface area contributed by atoms with Crippen LogP contribution >= 0.6 is 0 Å². The number of rotatable bonds is 7. The molecular weight excluding hydrogens is 336 g/mol. The summed E-state index contributed by atoms with van der Waals surface area (Å²) in [6.45, 7) is 5.78. The highest BCUT2D eigenvalue weighted by Crippen LogP contribution is 2.26. The van der Waals surface area contributed by atoms with Gasteiger partial charge >= 0.3 is 0 Å². The number of carbonyl (C=O) groups is 1. The van der Waals surface area contributed by atoms with E-state index < -0.39 is 0 Å². The Bertz CT molecular complexity index is 752. The molecule has 3 rings (SSSR count). The summed E-state index contributed by atoms with van der Waals surface area (Å²) in [5, 5.41) is 0. The highest BCUT2D eigenvalue weighted by atomic mass is 16.2. The van der Waals surface area contributed by atoms with E-state index in [2.05, 4.69) is 53.8 Å². The topological polar surface area (TPSA) is 41.4 Å². The summed E-state index contributed by atoms with van der Waals surface area (Å²) in [7, 11) is 4.21. The number of piperidine rings is 1. The zero-order valence-electron chi connectivity index (χ0n) is 16.9. The molecule has 0 radical (unpaired) electrons. The number of aromatic nitrogens is 2. The van der Waals surface area contributed by atoms with Crippen LogP contribution in [0.4, 0.5) is 0 Å². The predicted molar refractivity (Wildman–Crippen MR) is 109 cm³/mol. The summed E-state index contributed by atoms with van der Waals surface area (Å²) in [5.41, 5.74) is 2.31. The molecule has 5 nitrogen and oxygen atoms in total. The molecule has 0 bridgehead atoms.